The summed E-state index contributed by atoms with van der Waals surface area (Å²) in [6, 6.07) is 4.48. The maximum Gasteiger partial charge on any atom is -0.00851 e. The van der Waals surface area contributed by atoms with E-state index < -0.39 is 0 Å². The Balaban J connectivity index is 2.66. The Bertz CT molecular complexity index is 389. The molecule has 0 saturated carbocycles. The Morgan fingerprint density at radius 1 is 1.14 bits per heavy atom. The average molecular weight is 186 g/mol. The molecule has 0 nitrogen and oxygen atoms in total. The van der Waals surface area contributed by atoms with Crippen molar-refractivity contribution >= 4 is 6.08 Å². The van der Waals surface area contributed by atoms with Crippen LogP contribution in [0.25, 0.3) is 6.08 Å². The van der Waals surface area contributed by atoms with E-state index in [0.29, 0.717) is 0 Å². The van der Waals surface area contributed by atoms with Crippen molar-refractivity contribution in [2.45, 2.75) is 39.5 Å². The second-order valence-electron chi connectivity index (χ2n) is 5.18. The summed E-state index contributed by atoms with van der Waals surface area (Å²) in [6.07, 6.45) is 5.62. The first-order chi connectivity index (χ1) is 6.50. The van der Waals surface area contributed by atoms with Crippen LogP contribution in [0.2, 0.25) is 0 Å². The van der Waals surface area contributed by atoms with Crippen LogP contribution >= 0.6 is 0 Å². The highest BCUT2D eigenvalue weighted by molar-refractivity contribution is 5.64. The van der Waals surface area contributed by atoms with Crippen LogP contribution in [0, 0.1) is 6.92 Å². The van der Waals surface area contributed by atoms with Crippen molar-refractivity contribution in [2.24, 2.45) is 0 Å². The van der Waals surface area contributed by atoms with E-state index in [1.54, 1.807) is 5.56 Å². The number of benzene rings is 1. The van der Waals surface area contributed by atoms with Crippen LogP contribution < -0.4 is 0 Å². The fourth-order valence-electron chi connectivity index (χ4n) is 2.51. The molecule has 0 radical (unpaired) electrons. The first-order valence-corrected chi connectivity index (χ1v) is 5.29. The SMILES string of the molecule is Cc1ccc2c(c1C(C)(C)C)CC=C2. The van der Waals surface area contributed by atoms with Crippen LogP contribution in [0.4, 0.5) is 0 Å². The highest BCUT2D eigenvalue weighted by Crippen LogP contribution is 2.34. The lowest BCUT2D eigenvalue weighted by molar-refractivity contribution is 0.580. The highest BCUT2D eigenvalue weighted by Gasteiger charge is 2.22. The molecule has 0 amide bonds. The van der Waals surface area contributed by atoms with Gasteiger partial charge in [0, 0.05) is 0 Å². The first-order valence-electron chi connectivity index (χ1n) is 5.29. The zero-order chi connectivity index (χ0) is 10.3. The van der Waals surface area contributed by atoms with Crippen molar-refractivity contribution in [1.29, 1.82) is 0 Å². The van der Waals surface area contributed by atoms with E-state index in [9.17, 15) is 0 Å². The zero-order valence-electron chi connectivity index (χ0n) is 9.52. The second kappa shape index (κ2) is 2.98. The molecule has 2 rings (SSSR count). The van der Waals surface area contributed by atoms with Gasteiger partial charge in [0.25, 0.3) is 0 Å². The third kappa shape index (κ3) is 1.39. The topological polar surface area (TPSA) is 0 Å². The summed E-state index contributed by atoms with van der Waals surface area (Å²) >= 11 is 0. The van der Waals surface area contributed by atoms with Crippen LogP contribution in [-0.2, 0) is 11.8 Å². The summed E-state index contributed by atoms with van der Waals surface area (Å²) in [5.41, 5.74) is 6.19. The molecule has 0 saturated heterocycles. The van der Waals surface area contributed by atoms with E-state index in [2.05, 4.69) is 52.0 Å². The number of hydrogen-bond acceptors (Lipinski definition) is 0. The van der Waals surface area contributed by atoms with Crippen LogP contribution in [-0.4, -0.2) is 0 Å². The van der Waals surface area contributed by atoms with E-state index in [0.717, 1.165) is 6.42 Å². The predicted molar refractivity (Wildman–Crippen MR) is 62.6 cm³/mol. The van der Waals surface area contributed by atoms with Gasteiger partial charge in [-0.15, -0.1) is 0 Å². The third-order valence-electron chi connectivity index (χ3n) is 2.93. The van der Waals surface area contributed by atoms with E-state index >= 15 is 0 Å². The number of fused-ring (bicyclic) bond motifs is 1. The largest absolute Gasteiger partial charge is 0.0795 e. The van der Waals surface area contributed by atoms with Gasteiger partial charge in [-0.05, 0) is 41.0 Å². The van der Waals surface area contributed by atoms with Crippen LogP contribution in [0.15, 0.2) is 18.2 Å². The lowest BCUT2D eigenvalue weighted by atomic mass is 9.79. The van der Waals surface area contributed by atoms with Crippen molar-refractivity contribution in [2.75, 3.05) is 0 Å². The molecule has 0 aromatic heterocycles. The molecule has 1 aliphatic carbocycles. The van der Waals surface area contributed by atoms with Gasteiger partial charge in [-0.2, -0.15) is 0 Å². The lowest BCUT2D eigenvalue weighted by Crippen LogP contribution is -2.16. The predicted octanol–water partition coefficient (Wildman–Crippen LogP) is 3.86. The molecule has 0 fully saturated rings. The van der Waals surface area contributed by atoms with Crippen molar-refractivity contribution in [3.63, 3.8) is 0 Å². The zero-order valence-corrected chi connectivity index (χ0v) is 9.52. The van der Waals surface area contributed by atoms with Gasteiger partial charge in [-0.1, -0.05) is 45.1 Å². The maximum atomic E-state index is 2.30. The fourth-order valence-corrected chi connectivity index (χ4v) is 2.51. The van der Waals surface area contributed by atoms with E-state index in [1.165, 1.54) is 16.7 Å². The molecular formula is C14H18. The average Bonchev–Trinajstić information content (AvgIpc) is 2.48. The molecule has 1 aromatic rings. The number of hydrogen-bond donors (Lipinski definition) is 0. The van der Waals surface area contributed by atoms with E-state index in [4.69, 9.17) is 0 Å². The molecule has 1 aliphatic rings. The Hall–Kier alpha value is -1.04. The minimum Gasteiger partial charge on any atom is -0.0795 e. The van der Waals surface area contributed by atoms with Gasteiger partial charge in [-0.3, -0.25) is 0 Å². The standard InChI is InChI=1S/C14H18/c1-10-8-9-11-6-5-7-12(11)13(10)14(2,3)4/h5-6,8-9H,7H2,1-4H3. The number of aryl methyl sites for hydroxylation is 1. The van der Waals surface area contributed by atoms with Gasteiger partial charge < -0.3 is 0 Å². The highest BCUT2D eigenvalue weighted by atomic mass is 14.3. The van der Waals surface area contributed by atoms with Gasteiger partial charge in [0.1, 0.15) is 0 Å². The van der Waals surface area contributed by atoms with Gasteiger partial charge >= 0.3 is 0 Å². The summed E-state index contributed by atoms with van der Waals surface area (Å²) in [6.45, 7) is 9.12. The van der Waals surface area contributed by atoms with Gasteiger partial charge in [0.2, 0.25) is 0 Å². The van der Waals surface area contributed by atoms with Gasteiger partial charge in [0.05, 0.1) is 0 Å². The number of rotatable bonds is 0. The fraction of sp³-hybridized carbons (Fsp3) is 0.429. The Labute approximate surface area is 86.7 Å². The summed E-state index contributed by atoms with van der Waals surface area (Å²) < 4.78 is 0. The normalized spacial score (nSPS) is 14.6. The Morgan fingerprint density at radius 2 is 1.86 bits per heavy atom. The molecule has 0 heteroatoms. The molecule has 14 heavy (non-hydrogen) atoms. The van der Waals surface area contributed by atoms with Gasteiger partial charge in [-0.25, -0.2) is 0 Å². The minimum absolute atomic E-state index is 0.265. The van der Waals surface area contributed by atoms with Crippen molar-refractivity contribution in [3.05, 3.63) is 40.5 Å². The maximum absolute atomic E-state index is 2.30. The third-order valence-corrected chi connectivity index (χ3v) is 2.93. The molecule has 0 heterocycles. The molecule has 0 unspecified atom stereocenters. The van der Waals surface area contributed by atoms with E-state index in [-0.39, 0.29) is 5.41 Å². The van der Waals surface area contributed by atoms with Gasteiger partial charge in [0.15, 0.2) is 0 Å². The van der Waals surface area contributed by atoms with Crippen molar-refractivity contribution < 1.29 is 0 Å². The molecule has 0 spiro atoms. The summed E-state index contributed by atoms with van der Waals surface area (Å²) in [5, 5.41) is 0. The Morgan fingerprint density at radius 3 is 2.50 bits per heavy atom. The monoisotopic (exact) mass is 186 g/mol. The van der Waals surface area contributed by atoms with Crippen molar-refractivity contribution in [3.8, 4) is 0 Å². The second-order valence-corrected chi connectivity index (χ2v) is 5.18. The minimum atomic E-state index is 0.265. The lowest BCUT2D eigenvalue weighted by Gasteiger charge is -2.25. The Kier molecular flexibility index (Phi) is 2.02. The first kappa shape index (κ1) is 9.51. The molecule has 0 N–H and O–H groups in total. The molecule has 0 aliphatic heterocycles. The van der Waals surface area contributed by atoms with E-state index in [1.807, 2.05) is 0 Å². The van der Waals surface area contributed by atoms with Crippen LogP contribution in [0.3, 0.4) is 0 Å². The smallest absolute Gasteiger partial charge is 0.00851 e. The molecule has 0 atom stereocenters. The van der Waals surface area contributed by atoms with Crippen LogP contribution in [0.1, 0.15) is 43.0 Å². The molecular weight excluding hydrogens is 168 g/mol. The molecule has 0 bridgehead atoms. The van der Waals surface area contributed by atoms with Crippen LogP contribution in [0.5, 0.6) is 0 Å². The summed E-state index contributed by atoms with van der Waals surface area (Å²) in [5.74, 6) is 0. The quantitative estimate of drug-likeness (QED) is 0.577. The molecule has 1 aromatic carbocycles. The summed E-state index contributed by atoms with van der Waals surface area (Å²) in [4.78, 5) is 0. The number of allylic oxidation sites excluding steroid dienone is 1. The van der Waals surface area contributed by atoms with Crippen molar-refractivity contribution in [1.82, 2.24) is 0 Å². The molecule has 74 valence electrons. The summed E-state index contributed by atoms with van der Waals surface area (Å²) in [7, 11) is 0.